The Hall–Kier alpha value is -0.220. The first-order valence-electron chi connectivity index (χ1n) is 5.45. The maximum atomic E-state index is 11.3. The molecule has 0 radical (unpaired) electrons. The van der Waals surface area contributed by atoms with Crippen molar-refractivity contribution < 1.29 is 14.3 Å². The van der Waals surface area contributed by atoms with Gasteiger partial charge >= 0.3 is 5.97 Å². The van der Waals surface area contributed by atoms with E-state index < -0.39 is 5.38 Å². The average molecular weight is 265 g/mol. The summed E-state index contributed by atoms with van der Waals surface area (Å²) in [5.41, 5.74) is -0.00163. The largest absolute Gasteiger partial charge is 0.466 e. The topological polar surface area (TPSA) is 43.4 Å². The molecule has 0 bridgehead atoms. The van der Waals surface area contributed by atoms with Crippen LogP contribution in [0.5, 0.6) is 0 Å². The molecule has 0 N–H and O–H groups in total. The minimum atomic E-state index is -0.455. The van der Waals surface area contributed by atoms with Crippen LogP contribution in [0.3, 0.4) is 0 Å². The van der Waals surface area contributed by atoms with Gasteiger partial charge in [-0.1, -0.05) is 11.8 Å². The van der Waals surface area contributed by atoms with Crippen LogP contribution in [0.15, 0.2) is 0 Å². The van der Waals surface area contributed by atoms with Crippen molar-refractivity contribution in [1.82, 2.24) is 0 Å². The highest BCUT2D eigenvalue weighted by molar-refractivity contribution is 8.13. The van der Waals surface area contributed by atoms with Crippen LogP contribution in [0.2, 0.25) is 0 Å². The number of ether oxygens (including phenoxy) is 1. The Labute approximate surface area is 105 Å². The lowest BCUT2D eigenvalue weighted by molar-refractivity contribution is -0.144. The fourth-order valence-electron chi connectivity index (χ4n) is 1.41. The van der Waals surface area contributed by atoms with Gasteiger partial charge in [-0.25, -0.2) is 0 Å². The number of hydrogen-bond acceptors (Lipinski definition) is 4. The van der Waals surface area contributed by atoms with Crippen LogP contribution >= 0.6 is 23.4 Å². The highest BCUT2D eigenvalue weighted by atomic mass is 35.5. The number of thioether (sulfide) groups is 1. The molecule has 1 rings (SSSR count). The molecule has 0 saturated heterocycles. The Morgan fingerprint density at radius 2 is 2.12 bits per heavy atom. The molecule has 1 unspecified atom stereocenters. The molecule has 16 heavy (non-hydrogen) atoms. The molecule has 1 atom stereocenters. The molecule has 0 heterocycles. The minimum Gasteiger partial charge on any atom is -0.466 e. The molecular formula is C11H17ClO3S. The van der Waals surface area contributed by atoms with Crippen molar-refractivity contribution in [1.29, 1.82) is 0 Å². The van der Waals surface area contributed by atoms with E-state index in [2.05, 4.69) is 0 Å². The number of carbonyl (C=O) groups excluding carboxylic acids is 2. The predicted molar refractivity (Wildman–Crippen MR) is 65.7 cm³/mol. The van der Waals surface area contributed by atoms with Gasteiger partial charge in [0.1, 0.15) is 0 Å². The lowest BCUT2D eigenvalue weighted by atomic mass is 10.1. The van der Waals surface area contributed by atoms with E-state index in [1.54, 1.807) is 13.8 Å². The average Bonchev–Trinajstić information content (AvgIpc) is 2.95. The number of alkyl halides is 1. The highest BCUT2D eigenvalue weighted by Gasteiger charge is 2.45. The first kappa shape index (κ1) is 13.8. The minimum absolute atomic E-state index is 0.00163. The molecule has 0 amide bonds. The monoisotopic (exact) mass is 264 g/mol. The van der Waals surface area contributed by atoms with Crippen LogP contribution in [-0.2, 0) is 14.3 Å². The summed E-state index contributed by atoms with van der Waals surface area (Å²) in [4.78, 5) is 22.7. The van der Waals surface area contributed by atoms with E-state index in [1.807, 2.05) is 0 Å². The molecular weight excluding hydrogens is 248 g/mol. The first-order chi connectivity index (χ1) is 7.49. The third-order valence-electron chi connectivity index (χ3n) is 2.63. The van der Waals surface area contributed by atoms with E-state index in [0.717, 1.165) is 12.8 Å². The van der Waals surface area contributed by atoms with Crippen LogP contribution in [-0.4, -0.2) is 28.8 Å². The van der Waals surface area contributed by atoms with E-state index in [1.165, 1.54) is 11.8 Å². The summed E-state index contributed by atoms with van der Waals surface area (Å²) in [5.74, 6) is 0.522. The summed E-state index contributed by atoms with van der Waals surface area (Å²) < 4.78 is 4.91. The van der Waals surface area contributed by atoms with Crippen molar-refractivity contribution in [2.45, 2.75) is 38.5 Å². The van der Waals surface area contributed by atoms with E-state index in [4.69, 9.17) is 16.3 Å². The number of rotatable bonds is 6. The second-order valence-electron chi connectivity index (χ2n) is 4.21. The number of hydrogen-bond donors (Lipinski definition) is 0. The lowest BCUT2D eigenvalue weighted by Crippen LogP contribution is -2.16. The highest BCUT2D eigenvalue weighted by Crippen LogP contribution is 2.51. The van der Waals surface area contributed by atoms with Crippen LogP contribution in [0.1, 0.15) is 33.1 Å². The van der Waals surface area contributed by atoms with Crippen LogP contribution in [0, 0.1) is 5.41 Å². The fourth-order valence-corrected chi connectivity index (χ4v) is 2.66. The zero-order chi connectivity index (χ0) is 12.2. The Balaban J connectivity index is 2.30. The van der Waals surface area contributed by atoms with Gasteiger partial charge in [0, 0.05) is 5.75 Å². The van der Waals surface area contributed by atoms with Crippen molar-refractivity contribution >= 4 is 34.4 Å². The second kappa shape index (κ2) is 5.92. The van der Waals surface area contributed by atoms with Gasteiger partial charge in [0.2, 0.25) is 5.12 Å². The van der Waals surface area contributed by atoms with Gasteiger partial charge in [0.25, 0.3) is 0 Å². The summed E-state index contributed by atoms with van der Waals surface area (Å²) in [6, 6.07) is 0. The number of halogens is 1. The third-order valence-corrected chi connectivity index (χ3v) is 4.35. The van der Waals surface area contributed by atoms with Gasteiger partial charge in [0.05, 0.1) is 18.4 Å². The molecule has 1 aliphatic carbocycles. The Morgan fingerprint density at radius 3 is 2.56 bits per heavy atom. The van der Waals surface area contributed by atoms with Crippen molar-refractivity contribution in [2.24, 2.45) is 5.41 Å². The molecule has 92 valence electrons. The summed E-state index contributed by atoms with van der Waals surface area (Å²) >= 11 is 6.91. The molecule has 0 aliphatic heterocycles. The van der Waals surface area contributed by atoms with Gasteiger partial charge in [0.15, 0.2) is 0 Å². The quantitative estimate of drug-likeness (QED) is 0.546. The number of carbonyl (C=O) groups is 2. The van der Waals surface area contributed by atoms with Crippen molar-refractivity contribution in [3.8, 4) is 0 Å². The molecule has 3 nitrogen and oxygen atoms in total. The normalized spacial score (nSPS) is 18.9. The van der Waals surface area contributed by atoms with E-state index in [-0.39, 0.29) is 16.5 Å². The Morgan fingerprint density at radius 1 is 1.50 bits per heavy atom. The molecule has 1 saturated carbocycles. The maximum Gasteiger partial charge on any atom is 0.306 e. The van der Waals surface area contributed by atoms with Gasteiger partial charge in [-0.2, -0.15) is 0 Å². The zero-order valence-electron chi connectivity index (χ0n) is 9.62. The van der Waals surface area contributed by atoms with Crippen LogP contribution in [0.25, 0.3) is 0 Å². The second-order valence-corrected chi connectivity index (χ2v) is 5.84. The first-order valence-corrected chi connectivity index (χ1v) is 6.87. The molecule has 0 aromatic carbocycles. The summed E-state index contributed by atoms with van der Waals surface area (Å²) in [7, 11) is 0. The summed E-state index contributed by atoms with van der Waals surface area (Å²) in [5, 5.41) is -0.472. The Bertz CT molecular complexity index is 274. The molecule has 0 spiro atoms. The van der Waals surface area contributed by atoms with Gasteiger partial charge in [-0.05, 0) is 32.1 Å². The van der Waals surface area contributed by atoms with Crippen molar-refractivity contribution in [3.05, 3.63) is 0 Å². The van der Waals surface area contributed by atoms with Gasteiger partial charge in [-0.3, -0.25) is 9.59 Å². The van der Waals surface area contributed by atoms with Crippen molar-refractivity contribution in [3.63, 3.8) is 0 Å². The van der Waals surface area contributed by atoms with E-state index in [0.29, 0.717) is 18.8 Å². The van der Waals surface area contributed by atoms with E-state index in [9.17, 15) is 9.59 Å². The molecule has 0 aromatic rings. The van der Waals surface area contributed by atoms with Gasteiger partial charge < -0.3 is 4.74 Å². The van der Waals surface area contributed by atoms with Crippen LogP contribution < -0.4 is 0 Å². The van der Waals surface area contributed by atoms with Crippen LogP contribution in [0.4, 0.5) is 0 Å². The summed E-state index contributed by atoms with van der Waals surface area (Å²) in [6.07, 6.45) is 2.43. The fraction of sp³-hybridized carbons (Fsp3) is 0.818. The molecule has 1 aliphatic rings. The SMILES string of the molecule is CCOC(=O)CC1(CSC(=O)C(C)Cl)CC1. The smallest absolute Gasteiger partial charge is 0.306 e. The number of esters is 1. The molecule has 5 heteroatoms. The standard InChI is InChI=1S/C11H17ClO3S/c1-3-15-9(13)6-11(4-5-11)7-16-10(14)8(2)12/h8H,3-7H2,1-2H3. The molecule has 0 aromatic heterocycles. The third kappa shape index (κ3) is 4.34. The van der Waals surface area contributed by atoms with Crippen molar-refractivity contribution in [2.75, 3.05) is 12.4 Å². The van der Waals surface area contributed by atoms with E-state index >= 15 is 0 Å². The maximum absolute atomic E-state index is 11.3. The zero-order valence-corrected chi connectivity index (χ0v) is 11.2. The lowest BCUT2D eigenvalue weighted by Gasteiger charge is -2.13. The molecule has 1 fully saturated rings. The Kier molecular flexibility index (Phi) is 5.12. The predicted octanol–water partition coefficient (Wildman–Crippen LogP) is 2.61. The summed E-state index contributed by atoms with van der Waals surface area (Å²) in [6.45, 7) is 3.88. The van der Waals surface area contributed by atoms with Gasteiger partial charge in [-0.15, -0.1) is 11.6 Å².